The van der Waals surface area contributed by atoms with Crippen LogP contribution in [0.2, 0.25) is 0 Å². The summed E-state index contributed by atoms with van der Waals surface area (Å²) in [7, 11) is 0. The van der Waals surface area contributed by atoms with E-state index < -0.39 is 60.2 Å². The number of carbonyl (C=O) groups is 5. The first kappa shape index (κ1) is 31.0. The highest BCUT2D eigenvalue weighted by Gasteiger charge is 2.31. The third kappa shape index (κ3) is 10.9. The number of hydrogen-bond acceptors (Lipinski definition) is 7. The molecule has 39 heavy (non-hydrogen) atoms. The number of imidazole rings is 1. The van der Waals surface area contributed by atoms with E-state index in [0.717, 1.165) is 5.56 Å². The lowest BCUT2D eigenvalue weighted by atomic mass is 10.0. The Morgan fingerprint density at radius 1 is 0.897 bits per heavy atom. The molecule has 4 unspecified atom stereocenters. The number of hydrogen-bond donors (Lipinski definition) is 7. The summed E-state index contributed by atoms with van der Waals surface area (Å²) >= 11 is 0. The average Bonchev–Trinajstić information content (AvgIpc) is 3.38. The van der Waals surface area contributed by atoms with Gasteiger partial charge in [0.2, 0.25) is 17.7 Å². The van der Waals surface area contributed by atoms with Crippen LogP contribution in [-0.4, -0.2) is 74.0 Å². The number of nitrogens with zero attached hydrogens (tertiary/aromatic N) is 1. The lowest BCUT2D eigenvalue weighted by Crippen LogP contribution is -2.58. The number of benzene rings is 1. The van der Waals surface area contributed by atoms with Crippen LogP contribution >= 0.6 is 0 Å². The molecule has 0 aliphatic heterocycles. The van der Waals surface area contributed by atoms with Crippen LogP contribution in [0, 0.1) is 5.92 Å². The maximum atomic E-state index is 13.3. The first-order valence-corrected chi connectivity index (χ1v) is 12.6. The second-order valence-electron chi connectivity index (χ2n) is 9.66. The van der Waals surface area contributed by atoms with Gasteiger partial charge in [0.15, 0.2) is 0 Å². The van der Waals surface area contributed by atoms with Crippen molar-refractivity contribution in [3.63, 3.8) is 0 Å². The molecule has 0 aliphatic rings. The lowest BCUT2D eigenvalue weighted by molar-refractivity contribution is -0.143. The number of aliphatic carboxylic acids is 2. The Bertz CT molecular complexity index is 1110. The summed E-state index contributed by atoms with van der Waals surface area (Å²) in [5.41, 5.74) is 7.49. The van der Waals surface area contributed by atoms with Crippen LogP contribution in [-0.2, 0) is 36.8 Å². The van der Waals surface area contributed by atoms with Crippen molar-refractivity contribution in [2.24, 2.45) is 11.7 Å². The van der Waals surface area contributed by atoms with Crippen LogP contribution in [0.1, 0.15) is 44.4 Å². The van der Waals surface area contributed by atoms with Crippen LogP contribution < -0.4 is 21.7 Å². The number of amides is 3. The summed E-state index contributed by atoms with van der Waals surface area (Å²) in [4.78, 5) is 68.4. The number of carbonyl (C=O) groups excluding carboxylic acids is 3. The molecule has 3 amide bonds. The van der Waals surface area contributed by atoms with Gasteiger partial charge in [0.1, 0.15) is 18.1 Å². The smallest absolute Gasteiger partial charge is 0.326 e. The highest BCUT2D eigenvalue weighted by Crippen LogP contribution is 2.09. The molecule has 2 rings (SSSR count). The van der Waals surface area contributed by atoms with Crippen molar-refractivity contribution >= 4 is 29.7 Å². The highest BCUT2D eigenvalue weighted by molar-refractivity contribution is 5.94. The number of nitrogens with one attached hydrogen (secondary N) is 4. The summed E-state index contributed by atoms with van der Waals surface area (Å²) in [6.45, 7) is 3.63. The Hall–Kier alpha value is -4.26. The Morgan fingerprint density at radius 2 is 1.51 bits per heavy atom. The normalized spacial score (nSPS) is 14.1. The topological polar surface area (TPSA) is 217 Å². The largest absolute Gasteiger partial charge is 0.481 e. The van der Waals surface area contributed by atoms with Crippen LogP contribution in [0.15, 0.2) is 42.9 Å². The molecule has 2 aromatic rings. The predicted molar refractivity (Wildman–Crippen MR) is 140 cm³/mol. The Kier molecular flexibility index (Phi) is 12.1. The van der Waals surface area contributed by atoms with Gasteiger partial charge >= 0.3 is 11.9 Å². The summed E-state index contributed by atoms with van der Waals surface area (Å²) in [5.74, 6) is -4.68. The van der Waals surface area contributed by atoms with Gasteiger partial charge in [-0.25, -0.2) is 9.78 Å². The lowest BCUT2D eigenvalue weighted by Gasteiger charge is -2.26. The van der Waals surface area contributed by atoms with Crippen LogP contribution in [0.25, 0.3) is 0 Å². The molecule has 0 saturated heterocycles. The quantitative estimate of drug-likeness (QED) is 0.151. The molecule has 1 heterocycles. The van der Waals surface area contributed by atoms with E-state index in [0.29, 0.717) is 5.69 Å². The summed E-state index contributed by atoms with van der Waals surface area (Å²) in [6, 6.07) is 4.51. The third-order valence-electron chi connectivity index (χ3n) is 5.85. The van der Waals surface area contributed by atoms with Gasteiger partial charge in [-0.2, -0.15) is 0 Å². The minimum Gasteiger partial charge on any atom is -0.481 e. The van der Waals surface area contributed by atoms with Crippen LogP contribution in [0.5, 0.6) is 0 Å². The van der Waals surface area contributed by atoms with Gasteiger partial charge in [0.25, 0.3) is 0 Å². The Morgan fingerprint density at radius 3 is 2.08 bits per heavy atom. The van der Waals surface area contributed by atoms with Crippen molar-refractivity contribution in [3.8, 4) is 0 Å². The van der Waals surface area contributed by atoms with Crippen molar-refractivity contribution in [2.45, 2.75) is 70.1 Å². The summed E-state index contributed by atoms with van der Waals surface area (Å²) in [6.07, 6.45) is 2.58. The zero-order valence-electron chi connectivity index (χ0n) is 21.9. The van der Waals surface area contributed by atoms with Gasteiger partial charge in [-0.3, -0.25) is 19.2 Å². The molecule has 4 atom stereocenters. The van der Waals surface area contributed by atoms with Gasteiger partial charge in [0.05, 0.1) is 12.4 Å². The maximum Gasteiger partial charge on any atom is 0.326 e. The molecule has 0 saturated carbocycles. The van der Waals surface area contributed by atoms with E-state index in [4.69, 9.17) is 10.8 Å². The Balaban J connectivity index is 2.16. The summed E-state index contributed by atoms with van der Waals surface area (Å²) < 4.78 is 0. The van der Waals surface area contributed by atoms with E-state index >= 15 is 0 Å². The molecule has 0 radical (unpaired) electrons. The molecule has 8 N–H and O–H groups in total. The Labute approximate surface area is 226 Å². The van der Waals surface area contributed by atoms with Crippen molar-refractivity contribution in [1.29, 1.82) is 0 Å². The monoisotopic (exact) mass is 544 g/mol. The highest BCUT2D eigenvalue weighted by atomic mass is 16.4. The minimum atomic E-state index is -1.45. The van der Waals surface area contributed by atoms with E-state index in [-0.39, 0.29) is 31.6 Å². The number of rotatable bonds is 16. The fourth-order valence-corrected chi connectivity index (χ4v) is 3.84. The van der Waals surface area contributed by atoms with E-state index in [1.807, 2.05) is 44.2 Å². The number of aromatic amines is 1. The minimum absolute atomic E-state index is 0.0298. The van der Waals surface area contributed by atoms with Gasteiger partial charge in [-0.05, 0) is 30.7 Å². The molecule has 0 aliphatic carbocycles. The van der Waals surface area contributed by atoms with E-state index in [1.165, 1.54) is 12.5 Å². The van der Waals surface area contributed by atoms with Crippen molar-refractivity contribution < 1.29 is 34.2 Å². The molecule has 1 aromatic carbocycles. The number of aromatic nitrogens is 2. The third-order valence-corrected chi connectivity index (χ3v) is 5.85. The fourth-order valence-electron chi connectivity index (χ4n) is 3.84. The number of carboxylic acid groups (broad SMARTS) is 2. The second kappa shape index (κ2) is 15.2. The number of nitrogens with two attached hydrogens (primary N) is 1. The predicted octanol–water partition coefficient (Wildman–Crippen LogP) is -0.0279. The maximum absolute atomic E-state index is 13.3. The molecule has 212 valence electrons. The van der Waals surface area contributed by atoms with Gasteiger partial charge < -0.3 is 36.9 Å². The van der Waals surface area contributed by atoms with Crippen molar-refractivity contribution in [1.82, 2.24) is 25.9 Å². The molecule has 0 bridgehead atoms. The van der Waals surface area contributed by atoms with Gasteiger partial charge in [0, 0.05) is 24.7 Å². The zero-order valence-corrected chi connectivity index (χ0v) is 21.9. The molecule has 13 heteroatoms. The van der Waals surface area contributed by atoms with E-state index in [2.05, 4.69) is 25.9 Å². The van der Waals surface area contributed by atoms with Gasteiger partial charge in [-0.1, -0.05) is 44.2 Å². The van der Waals surface area contributed by atoms with Crippen molar-refractivity contribution in [2.75, 3.05) is 0 Å². The average molecular weight is 545 g/mol. The molecule has 0 spiro atoms. The van der Waals surface area contributed by atoms with Crippen LogP contribution in [0.4, 0.5) is 0 Å². The number of H-pyrrole nitrogens is 1. The van der Waals surface area contributed by atoms with E-state index in [1.54, 1.807) is 0 Å². The second-order valence-corrected chi connectivity index (χ2v) is 9.66. The molecule has 13 nitrogen and oxygen atoms in total. The SMILES string of the molecule is CC(C)CC(NC(=O)C(Cc1cnc[nH]1)NC(=O)C(N)Cc1ccccc1)C(=O)NC(CCC(=O)O)C(=O)O. The first-order chi connectivity index (χ1) is 18.5. The van der Waals surface area contributed by atoms with Crippen LogP contribution in [0.3, 0.4) is 0 Å². The molecular weight excluding hydrogens is 508 g/mol. The standard InChI is InChI=1S/C26H36N6O7/c1-15(2)10-20(24(36)30-19(26(38)39)8-9-22(33)34)32-25(37)21(12-17-13-28-14-29-17)31-23(35)18(27)11-16-6-4-3-5-7-16/h3-7,13-15,18-21H,8-12,27H2,1-2H3,(H,28,29)(H,30,36)(H,31,35)(H,32,37)(H,33,34)(H,38,39). The number of carboxylic acids is 2. The van der Waals surface area contributed by atoms with Gasteiger partial charge in [-0.15, -0.1) is 0 Å². The van der Waals surface area contributed by atoms with Crippen molar-refractivity contribution in [3.05, 3.63) is 54.1 Å². The molecular formula is C26H36N6O7. The summed E-state index contributed by atoms with van der Waals surface area (Å²) in [5, 5.41) is 25.9. The molecule has 0 fully saturated rings. The van der Waals surface area contributed by atoms with E-state index in [9.17, 15) is 29.1 Å². The molecule has 1 aromatic heterocycles. The zero-order chi connectivity index (χ0) is 28.9. The fraction of sp³-hybridized carbons (Fsp3) is 0.462. The first-order valence-electron chi connectivity index (χ1n) is 12.6.